The number of nitrogens with one attached hydrogen (secondary N) is 1. The summed E-state index contributed by atoms with van der Waals surface area (Å²) >= 11 is 13.2. The molecule has 3 aromatic rings. The number of hydrogen-bond donors (Lipinski definition) is 2. The van der Waals surface area contributed by atoms with Crippen molar-refractivity contribution in [1.82, 2.24) is 4.98 Å². The van der Waals surface area contributed by atoms with E-state index in [2.05, 4.69) is 15.5 Å². The molecule has 2 aromatic carbocycles. The van der Waals surface area contributed by atoms with E-state index in [9.17, 15) is 4.79 Å². The number of thiazole rings is 1. The fraction of sp³-hybridized carbons (Fsp3) is 0. The third-order valence-electron chi connectivity index (χ3n) is 3.14. The van der Waals surface area contributed by atoms with Crippen LogP contribution in [-0.4, -0.2) is 17.2 Å². The highest BCUT2D eigenvalue weighted by atomic mass is 35.5. The topological polar surface area (TPSA) is 89.6 Å². The summed E-state index contributed by atoms with van der Waals surface area (Å²) in [6, 6.07) is 11.4. The average Bonchev–Trinajstić information content (AvgIpc) is 3.01. The summed E-state index contributed by atoms with van der Waals surface area (Å²) in [5.74, 6) is 0.273. The fourth-order valence-corrected chi connectivity index (χ4v) is 2.97. The lowest BCUT2D eigenvalue weighted by Crippen LogP contribution is -2.09. The Hall–Kier alpha value is -2.61. The van der Waals surface area contributed by atoms with Crippen LogP contribution in [0.3, 0.4) is 0 Å². The van der Waals surface area contributed by atoms with Gasteiger partial charge >= 0.3 is 5.97 Å². The van der Waals surface area contributed by atoms with Gasteiger partial charge in [0.05, 0.1) is 16.8 Å². The molecule has 3 rings (SSSR count). The van der Waals surface area contributed by atoms with Gasteiger partial charge in [-0.1, -0.05) is 23.2 Å². The smallest absolute Gasteiger partial charge is 0.345 e. The molecule has 0 atom stereocenters. The average molecular weight is 407 g/mol. The first-order chi connectivity index (χ1) is 12.5. The first kappa shape index (κ1) is 18.2. The van der Waals surface area contributed by atoms with Crippen molar-refractivity contribution in [2.45, 2.75) is 0 Å². The molecule has 26 heavy (non-hydrogen) atoms. The zero-order chi connectivity index (χ0) is 18.5. The summed E-state index contributed by atoms with van der Waals surface area (Å²) in [6.45, 7) is 0. The fourth-order valence-electron chi connectivity index (χ4n) is 1.94. The van der Waals surface area contributed by atoms with E-state index < -0.39 is 5.97 Å². The molecule has 9 heteroatoms. The van der Waals surface area contributed by atoms with E-state index in [0.717, 1.165) is 5.56 Å². The van der Waals surface area contributed by atoms with Gasteiger partial charge in [0.1, 0.15) is 11.6 Å². The first-order valence-corrected chi connectivity index (χ1v) is 8.92. The maximum atomic E-state index is 12.2. The standard InChI is InChI=1S/C17H12Cl2N4O2S/c18-11-3-6-13(14(19)7-11)16(24)25-12-4-1-10(2-5-12)8-21-23-17-22-15(20)9-26-17/h1-9H,20H2,(H,22,23). The molecule has 0 radical (unpaired) electrons. The minimum absolute atomic E-state index is 0.236. The molecule has 0 spiro atoms. The molecule has 0 aliphatic carbocycles. The number of halogens is 2. The summed E-state index contributed by atoms with van der Waals surface area (Å²) in [5.41, 5.74) is 9.36. The van der Waals surface area contributed by atoms with Crippen molar-refractivity contribution in [3.05, 3.63) is 69.0 Å². The van der Waals surface area contributed by atoms with Crippen LogP contribution in [0.4, 0.5) is 10.9 Å². The van der Waals surface area contributed by atoms with Crippen molar-refractivity contribution >= 4 is 57.7 Å². The lowest BCUT2D eigenvalue weighted by Gasteiger charge is -2.06. The molecule has 132 valence electrons. The van der Waals surface area contributed by atoms with Gasteiger partial charge in [-0.05, 0) is 48.0 Å². The molecule has 0 saturated carbocycles. The molecule has 0 aliphatic rings. The number of hydrazone groups is 1. The molecule has 0 aliphatic heterocycles. The second kappa shape index (κ2) is 8.18. The Morgan fingerprint density at radius 2 is 2.00 bits per heavy atom. The molecular formula is C17H12Cl2N4O2S. The zero-order valence-electron chi connectivity index (χ0n) is 13.1. The molecule has 1 aromatic heterocycles. The number of nitrogens with zero attached hydrogens (tertiary/aromatic N) is 2. The Balaban J connectivity index is 1.61. The van der Waals surface area contributed by atoms with Gasteiger partial charge < -0.3 is 10.5 Å². The molecular weight excluding hydrogens is 395 g/mol. The lowest BCUT2D eigenvalue weighted by molar-refractivity contribution is 0.0735. The number of benzene rings is 2. The highest BCUT2D eigenvalue weighted by molar-refractivity contribution is 7.14. The van der Waals surface area contributed by atoms with E-state index in [0.29, 0.717) is 21.7 Å². The van der Waals surface area contributed by atoms with E-state index >= 15 is 0 Å². The number of hydrogen-bond acceptors (Lipinski definition) is 7. The van der Waals surface area contributed by atoms with Crippen molar-refractivity contribution in [1.29, 1.82) is 0 Å². The Bertz CT molecular complexity index is 958. The van der Waals surface area contributed by atoms with Gasteiger partial charge in [0.25, 0.3) is 0 Å². The zero-order valence-corrected chi connectivity index (χ0v) is 15.5. The molecule has 3 N–H and O–H groups in total. The van der Waals surface area contributed by atoms with Crippen LogP contribution in [0.2, 0.25) is 10.0 Å². The highest BCUT2D eigenvalue weighted by Gasteiger charge is 2.13. The summed E-state index contributed by atoms with van der Waals surface area (Å²) in [4.78, 5) is 16.2. The van der Waals surface area contributed by atoms with Crippen molar-refractivity contribution < 1.29 is 9.53 Å². The number of carbonyl (C=O) groups excluding carboxylic acids is 1. The molecule has 1 heterocycles. The minimum Gasteiger partial charge on any atom is -0.423 e. The largest absolute Gasteiger partial charge is 0.423 e. The maximum absolute atomic E-state index is 12.2. The van der Waals surface area contributed by atoms with Crippen LogP contribution in [-0.2, 0) is 0 Å². The Morgan fingerprint density at radius 1 is 1.23 bits per heavy atom. The van der Waals surface area contributed by atoms with E-state index in [-0.39, 0.29) is 10.6 Å². The number of carbonyl (C=O) groups is 1. The van der Waals surface area contributed by atoms with Gasteiger partial charge in [-0.3, -0.25) is 5.43 Å². The number of nitrogen functional groups attached to an aromatic ring is 1. The van der Waals surface area contributed by atoms with Crippen molar-refractivity contribution in [3.63, 3.8) is 0 Å². The third kappa shape index (κ3) is 4.72. The molecule has 0 fully saturated rings. The van der Waals surface area contributed by atoms with Crippen LogP contribution in [0.1, 0.15) is 15.9 Å². The second-order valence-electron chi connectivity index (χ2n) is 5.03. The maximum Gasteiger partial charge on any atom is 0.345 e. The van der Waals surface area contributed by atoms with Crippen LogP contribution in [0.25, 0.3) is 0 Å². The molecule has 6 nitrogen and oxygen atoms in total. The third-order valence-corrected chi connectivity index (χ3v) is 4.45. The number of esters is 1. The Morgan fingerprint density at radius 3 is 2.65 bits per heavy atom. The van der Waals surface area contributed by atoms with Crippen molar-refractivity contribution in [2.75, 3.05) is 11.2 Å². The number of nitrogens with two attached hydrogens (primary N) is 1. The van der Waals surface area contributed by atoms with Gasteiger partial charge in [-0.25, -0.2) is 9.78 Å². The summed E-state index contributed by atoms with van der Waals surface area (Å²) in [6.07, 6.45) is 1.61. The van der Waals surface area contributed by atoms with Crippen LogP contribution in [0.15, 0.2) is 52.9 Å². The summed E-state index contributed by atoms with van der Waals surface area (Å²) in [5, 5.41) is 7.06. The molecule has 0 saturated heterocycles. The number of ether oxygens (including phenoxy) is 1. The second-order valence-corrected chi connectivity index (χ2v) is 6.73. The van der Waals surface area contributed by atoms with Gasteiger partial charge in [-0.15, -0.1) is 11.3 Å². The first-order valence-electron chi connectivity index (χ1n) is 7.28. The van der Waals surface area contributed by atoms with Gasteiger partial charge in [-0.2, -0.15) is 5.10 Å². The van der Waals surface area contributed by atoms with Crippen molar-refractivity contribution in [3.8, 4) is 5.75 Å². The normalized spacial score (nSPS) is 10.8. The SMILES string of the molecule is Nc1csc(NN=Cc2ccc(OC(=O)c3ccc(Cl)cc3Cl)cc2)n1. The predicted octanol–water partition coefficient (Wildman–Crippen LogP) is 4.70. The van der Waals surface area contributed by atoms with Crippen molar-refractivity contribution in [2.24, 2.45) is 5.10 Å². The molecule has 0 unspecified atom stereocenters. The lowest BCUT2D eigenvalue weighted by atomic mass is 10.2. The Kier molecular flexibility index (Phi) is 5.72. The van der Waals surface area contributed by atoms with Crippen LogP contribution >= 0.6 is 34.5 Å². The number of aromatic nitrogens is 1. The minimum atomic E-state index is -0.559. The molecule has 0 bridgehead atoms. The van der Waals surface area contributed by atoms with Crippen LogP contribution in [0, 0.1) is 0 Å². The van der Waals surface area contributed by atoms with E-state index in [1.165, 1.54) is 23.5 Å². The number of anilines is 2. The van der Waals surface area contributed by atoms with Gasteiger partial charge in [0, 0.05) is 10.4 Å². The summed E-state index contributed by atoms with van der Waals surface area (Å²) < 4.78 is 5.30. The quantitative estimate of drug-likeness (QED) is 0.277. The van der Waals surface area contributed by atoms with Gasteiger partial charge in [0.15, 0.2) is 0 Å². The summed E-state index contributed by atoms with van der Waals surface area (Å²) in [7, 11) is 0. The number of rotatable bonds is 5. The predicted molar refractivity (Wildman–Crippen MR) is 106 cm³/mol. The van der Waals surface area contributed by atoms with Gasteiger partial charge in [0.2, 0.25) is 5.13 Å². The van der Waals surface area contributed by atoms with E-state index in [1.807, 2.05) is 0 Å². The monoisotopic (exact) mass is 406 g/mol. The Labute approximate surface area is 163 Å². The van der Waals surface area contributed by atoms with Crippen LogP contribution < -0.4 is 15.9 Å². The highest BCUT2D eigenvalue weighted by Crippen LogP contribution is 2.23. The van der Waals surface area contributed by atoms with E-state index in [1.54, 1.807) is 41.9 Å². The molecule has 0 amide bonds. The van der Waals surface area contributed by atoms with E-state index in [4.69, 9.17) is 33.7 Å². The van der Waals surface area contributed by atoms with Crippen LogP contribution in [0.5, 0.6) is 5.75 Å².